The lowest BCUT2D eigenvalue weighted by molar-refractivity contribution is -0.119. The molecule has 0 aliphatic rings. The van der Waals surface area contributed by atoms with Gasteiger partial charge >= 0.3 is 0 Å². The van der Waals surface area contributed by atoms with E-state index in [1.165, 1.54) is 30.3 Å². The smallest absolute Gasteiger partial charge is 0.264 e. The number of amides is 1. The topological polar surface area (TPSA) is 75.7 Å². The van der Waals surface area contributed by atoms with Gasteiger partial charge in [-0.1, -0.05) is 53.5 Å². The normalized spacial score (nSPS) is 11.1. The van der Waals surface area contributed by atoms with E-state index in [9.17, 15) is 13.2 Å². The summed E-state index contributed by atoms with van der Waals surface area (Å²) in [7, 11) is -2.43. The molecule has 9 heteroatoms. The molecule has 0 radical (unpaired) electrons. The van der Waals surface area contributed by atoms with Crippen LogP contribution in [0.4, 0.5) is 5.69 Å². The number of nitrogens with one attached hydrogen (secondary N) is 1. The third kappa shape index (κ3) is 6.16. The molecule has 1 amide bonds. The second kappa shape index (κ2) is 10.7. The first kappa shape index (κ1) is 23.9. The van der Waals surface area contributed by atoms with Gasteiger partial charge in [0.1, 0.15) is 12.3 Å². The van der Waals surface area contributed by atoms with E-state index in [1.54, 1.807) is 25.3 Å². The lowest BCUT2D eigenvalue weighted by Crippen LogP contribution is -2.41. The average Bonchev–Trinajstić information content (AvgIpc) is 2.77. The standard InChI is InChI=1S/C23H22Cl2N2O4S/c1-31-21-9-7-17(8-10-21)11-12-26-23(28)16-27(20-14-18(24)13-19(25)15-20)32(29,30)22-5-3-2-4-6-22/h2-10,13-15H,11-12,16H2,1H3,(H,26,28). The van der Waals surface area contributed by atoms with Crippen LogP contribution >= 0.6 is 23.2 Å². The number of rotatable bonds is 9. The van der Waals surface area contributed by atoms with E-state index < -0.39 is 22.5 Å². The Labute approximate surface area is 197 Å². The maximum atomic E-state index is 13.3. The molecule has 0 aromatic heterocycles. The Morgan fingerprint density at radius 2 is 1.59 bits per heavy atom. The Morgan fingerprint density at radius 1 is 0.969 bits per heavy atom. The van der Waals surface area contributed by atoms with E-state index in [1.807, 2.05) is 24.3 Å². The number of hydrogen-bond acceptors (Lipinski definition) is 4. The van der Waals surface area contributed by atoms with Gasteiger partial charge in [0.15, 0.2) is 0 Å². The van der Waals surface area contributed by atoms with Crippen molar-refractivity contribution in [3.05, 3.63) is 88.4 Å². The second-order valence-corrected chi connectivity index (χ2v) is 9.64. The van der Waals surface area contributed by atoms with E-state index in [2.05, 4.69) is 5.32 Å². The van der Waals surface area contributed by atoms with Gasteiger partial charge in [-0.15, -0.1) is 0 Å². The summed E-state index contributed by atoms with van der Waals surface area (Å²) in [5.74, 6) is 0.300. The molecule has 0 fully saturated rings. The van der Waals surface area contributed by atoms with Crippen LogP contribution < -0.4 is 14.4 Å². The van der Waals surface area contributed by atoms with E-state index >= 15 is 0 Å². The SMILES string of the molecule is COc1ccc(CCNC(=O)CN(c2cc(Cl)cc(Cl)c2)S(=O)(=O)c2ccccc2)cc1. The molecule has 0 spiro atoms. The molecule has 3 aromatic carbocycles. The minimum atomic E-state index is -4.03. The zero-order valence-electron chi connectivity index (χ0n) is 17.3. The fourth-order valence-corrected chi connectivity index (χ4v) is 4.98. The number of ether oxygens (including phenoxy) is 1. The molecule has 0 unspecified atom stereocenters. The van der Waals surface area contributed by atoms with Crippen LogP contribution in [0.1, 0.15) is 5.56 Å². The third-order valence-corrected chi connectivity index (χ3v) is 6.87. The maximum Gasteiger partial charge on any atom is 0.264 e. The number of nitrogens with zero attached hydrogens (tertiary/aromatic N) is 1. The van der Waals surface area contributed by atoms with Crippen molar-refractivity contribution in [3.63, 3.8) is 0 Å². The Morgan fingerprint density at radius 3 is 2.19 bits per heavy atom. The van der Waals surface area contributed by atoms with E-state index in [4.69, 9.17) is 27.9 Å². The van der Waals surface area contributed by atoms with Crippen LogP contribution in [0.25, 0.3) is 0 Å². The summed E-state index contributed by atoms with van der Waals surface area (Å²) in [5.41, 5.74) is 1.22. The monoisotopic (exact) mass is 492 g/mol. The lowest BCUT2D eigenvalue weighted by Gasteiger charge is -2.24. The first-order chi connectivity index (χ1) is 15.3. The molecular formula is C23H22Cl2N2O4S. The number of carbonyl (C=O) groups excluding carboxylic acids is 1. The van der Waals surface area contributed by atoms with Crippen molar-refractivity contribution in [3.8, 4) is 5.75 Å². The number of sulfonamides is 1. The number of halogens is 2. The van der Waals surface area contributed by atoms with E-state index in [-0.39, 0.29) is 20.6 Å². The summed E-state index contributed by atoms with van der Waals surface area (Å²) in [6, 6.07) is 19.8. The Hall–Kier alpha value is -2.74. The molecule has 0 aliphatic carbocycles. The summed E-state index contributed by atoms with van der Waals surface area (Å²) in [4.78, 5) is 12.7. The van der Waals surface area contributed by atoms with Crippen molar-refractivity contribution in [2.45, 2.75) is 11.3 Å². The maximum absolute atomic E-state index is 13.3. The highest BCUT2D eigenvalue weighted by atomic mass is 35.5. The van der Waals surface area contributed by atoms with Crippen molar-refractivity contribution in [2.75, 3.05) is 24.5 Å². The molecule has 168 valence electrons. The van der Waals surface area contributed by atoms with Gasteiger partial charge in [-0.25, -0.2) is 8.42 Å². The number of carbonyl (C=O) groups is 1. The molecule has 0 saturated heterocycles. The minimum Gasteiger partial charge on any atom is -0.497 e. The molecule has 6 nitrogen and oxygen atoms in total. The Bertz CT molecular complexity index is 1150. The first-order valence-corrected chi connectivity index (χ1v) is 11.9. The van der Waals surface area contributed by atoms with Gasteiger partial charge in [-0.05, 0) is 54.4 Å². The summed E-state index contributed by atoms with van der Waals surface area (Å²) >= 11 is 12.2. The van der Waals surface area contributed by atoms with Crippen molar-refractivity contribution in [2.24, 2.45) is 0 Å². The largest absolute Gasteiger partial charge is 0.497 e. The summed E-state index contributed by atoms with van der Waals surface area (Å²) in [5, 5.41) is 3.30. The number of methoxy groups -OCH3 is 1. The van der Waals surface area contributed by atoms with Gasteiger partial charge in [0.25, 0.3) is 10.0 Å². The van der Waals surface area contributed by atoms with Crippen LogP contribution in [-0.4, -0.2) is 34.5 Å². The van der Waals surface area contributed by atoms with Gasteiger partial charge < -0.3 is 10.1 Å². The first-order valence-electron chi connectivity index (χ1n) is 9.73. The molecule has 32 heavy (non-hydrogen) atoms. The van der Waals surface area contributed by atoms with Crippen LogP contribution in [0.2, 0.25) is 10.0 Å². The van der Waals surface area contributed by atoms with Crippen LogP contribution in [0, 0.1) is 0 Å². The molecule has 0 aliphatic heterocycles. The van der Waals surface area contributed by atoms with Crippen molar-refractivity contribution < 1.29 is 17.9 Å². The predicted molar refractivity (Wildman–Crippen MR) is 127 cm³/mol. The number of anilines is 1. The van der Waals surface area contributed by atoms with Crippen LogP contribution in [0.5, 0.6) is 5.75 Å². The fraction of sp³-hybridized carbons (Fsp3) is 0.174. The van der Waals surface area contributed by atoms with Gasteiger partial charge in [0.05, 0.1) is 17.7 Å². The van der Waals surface area contributed by atoms with Gasteiger partial charge in [-0.3, -0.25) is 9.10 Å². The van der Waals surface area contributed by atoms with Crippen molar-refractivity contribution in [1.82, 2.24) is 5.32 Å². The number of hydrogen-bond donors (Lipinski definition) is 1. The Kier molecular flexibility index (Phi) is 8.01. The summed E-state index contributed by atoms with van der Waals surface area (Å²) in [6.45, 7) is -0.0722. The molecule has 0 heterocycles. The average molecular weight is 493 g/mol. The molecule has 1 N–H and O–H groups in total. The summed E-state index contributed by atoms with van der Waals surface area (Å²) < 4.78 is 32.7. The second-order valence-electron chi connectivity index (χ2n) is 6.90. The lowest BCUT2D eigenvalue weighted by atomic mass is 10.1. The Balaban J connectivity index is 1.76. The van der Waals surface area contributed by atoms with Gasteiger partial charge in [0.2, 0.25) is 5.91 Å². The van der Waals surface area contributed by atoms with Gasteiger partial charge in [-0.2, -0.15) is 0 Å². The highest BCUT2D eigenvalue weighted by Gasteiger charge is 2.27. The molecule has 3 rings (SSSR count). The summed E-state index contributed by atoms with van der Waals surface area (Å²) in [6.07, 6.45) is 0.587. The van der Waals surface area contributed by atoms with Crippen LogP contribution in [0.15, 0.2) is 77.7 Å². The minimum absolute atomic E-state index is 0.0575. The highest BCUT2D eigenvalue weighted by Crippen LogP contribution is 2.29. The quantitative estimate of drug-likeness (QED) is 0.475. The van der Waals surface area contributed by atoms with E-state index in [0.717, 1.165) is 15.6 Å². The molecule has 0 bridgehead atoms. The number of benzene rings is 3. The van der Waals surface area contributed by atoms with Crippen molar-refractivity contribution >= 4 is 44.8 Å². The predicted octanol–water partition coefficient (Wildman–Crippen LogP) is 4.56. The van der Waals surface area contributed by atoms with Crippen LogP contribution in [-0.2, 0) is 21.2 Å². The molecular weight excluding hydrogens is 471 g/mol. The zero-order valence-corrected chi connectivity index (χ0v) is 19.6. The third-order valence-electron chi connectivity index (χ3n) is 4.65. The highest BCUT2D eigenvalue weighted by molar-refractivity contribution is 7.92. The fourth-order valence-electron chi connectivity index (χ4n) is 3.04. The van der Waals surface area contributed by atoms with Crippen LogP contribution in [0.3, 0.4) is 0 Å². The molecule has 0 saturated carbocycles. The molecule has 0 atom stereocenters. The molecule has 3 aromatic rings. The van der Waals surface area contributed by atoms with E-state index in [0.29, 0.717) is 13.0 Å². The van der Waals surface area contributed by atoms with Crippen molar-refractivity contribution in [1.29, 1.82) is 0 Å². The zero-order chi connectivity index (χ0) is 23.1. The van der Waals surface area contributed by atoms with Gasteiger partial charge in [0, 0.05) is 16.6 Å².